The van der Waals surface area contributed by atoms with Crippen molar-refractivity contribution in [3.8, 4) is 0 Å². The summed E-state index contributed by atoms with van der Waals surface area (Å²) in [6.45, 7) is 1.34. The molecule has 0 aromatic carbocycles. The Morgan fingerprint density at radius 1 is 1.00 bits per heavy atom. The number of carbonyl (C=O) groups is 4. The van der Waals surface area contributed by atoms with Gasteiger partial charge < -0.3 is 10.1 Å². The molecule has 7 nitrogen and oxygen atoms in total. The number of carbonyl (C=O) groups excluding carboxylic acids is 4. The van der Waals surface area contributed by atoms with E-state index in [0.29, 0.717) is 12.8 Å². The number of nitrogens with zero attached hydrogens (tertiary/aromatic N) is 1. The van der Waals surface area contributed by atoms with Crippen LogP contribution in [0.15, 0.2) is 0 Å². The molecule has 6 rings (SSSR count). The Morgan fingerprint density at radius 3 is 2.03 bits per heavy atom. The van der Waals surface area contributed by atoms with Gasteiger partial charge in [-0.25, -0.2) is 0 Å². The second-order valence-electron chi connectivity index (χ2n) is 11.0. The third-order valence-corrected chi connectivity index (χ3v) is 8.97. The maximum absolute atomic E-state index is 12.5. The van der Waals surface area contributed by atoms with E-state index in [4.69, 9.17) is 4.74 Å². The molecule has 0 aromatic rings. The van der Waals surface area contributed by atoms with E-state index in [1.165, 1.54) is 38.5 Å². The fourth-order valence-corrected chi connectivity index (χ4v) is 7.85. The summed E-state index contributed by atoms with van der Waals surface area (Å²) in [4.78, 5) is 50.8. The van der Waals surface area contributed by atoms with Gasteiger partial charge in [0.05, 0.1) is 11.8 Å². The van der Waals surface area contributed by atoms with E-state index >= 15 is 0 Å². The van der Waals surface area contributed by atoms with E-state index in [9.17, 15) is 19.2 Å². The fraction of sp³-hybridized carbons (Fsp3) is 0.833. The van der Waals surface area contributed by atoms with E-state index in [1.807, 2.05) is 0 Å². The molecule has 0 unspecified atom stereocenters. The van der Waals surface area contributed by atoms with Crippen molar-refractivity contribution < 1.29 is 23.9 Å². The number of fused-ring (bicyclic) bond motifs is 1. The van der Waals surface area contributed by atoms with Gasteiger partial charge >= 0.3 is 5.97 Å². The summed E-state index contributed by atoms with van der Waals surface area (Å²) in [5, 5.41) is 3.08. The lowest BCUT2D eigenvalue weighted by Gasteiger charge is -2.59. The van der Waals surface area contributed by atoms with Gasteiger partial charge in [0.1, 0.15) is 6.54 Å². The highest BCUT2D eigenvalue weighted by Gasteiger charge is 2.53. The molecule has 170 valence electrons. The molecular weight excluding hydrogens is 396 g/mol. The van der Waals surface area contributed by atoms with Gasteiger partial charge in [-0.3, -0.25) is 24.1 Å². The molecule has 1 heterocycles. The number of rotatable bonds is 6. The zero-order chi connectivity index (χ0) is 21.8. The Hall–Kier alpha value is -1.92. The summed E-state index contributed by atoms with van der Waals surface area (Å²) < 4.78 is 5.14. The molecule has 6 aliphatic rings. The number of hydrogen-bond donors (Lipinski definition) is 1. The standard InChI is InChI=1S/C24H34N2O5/c1-14(24-9-15-6-16(10-24)8-17(7-15)11-24)25-20(27)13-31-21(28)12-26-22(29)18-4-2-3-5-19(18)23(26)30/h14-19H,2-13H2,1H3,(H,25,27)/t14-,15?,16?,17?,18-,19+,24?/m1/s1. The van der Waals surface area contributed by atoms with Crippen molar-refractivity contribution in [2.75, 3.05) is 13.2 Å². The minimum absolute atomic E-state index is 0.0666. The van der Waals surface area contributed by atoms with Gasteiger partial charge in [0, 0.05) is 6.04 Å². The van der Waals surface area contributed by atoms with Crippen molar-refractivity contribution >= 4 is 23.7 Å². The van der Waals surface area contributed by atoms with Crippen LogP contribution in [-0.4, -0.2) is 47.8 Å². The molecule has 3 amide bonds. The average molecular weight is 431 g/mol. The summed E-state index contributed by atoms with van der Waals surface area (Å²) in [7, 11) is 0. The van der Waals surface area contributed by atoms with Gasteiger partial charge in [-0.1, -0.05) is 12.8 Å². The number of likely N-dealkylation sites (tertiary alicyclic amines) is 1. The molecule has 0 radical (unpaired) electrons. The van der Waals surface area contributed by atoms with Crippen LogP contribution >= 0.6 is 0 Å². The van der Waals surface area contributed by atoms with Gasteiger partial charge in [0.2, 0.25) is 11.8 Å². The SMILES string of the molecule is C[C@@H](NC(=O)COC(=O)CN1C(=O)[C@H]2CCCC[C@H]2C1=O)C12CC3CC(CC(C3)C1)C2. The van der Waals surface area contributed by atoms with Gasteiger partial charge in [-0.15, -0.1) is 0 Å². The van der Waals surface area contributed by atoms with Crippen molar-refractivity contribution in [2.45, 2.75) is 77.2 Å². The topological polar surface area (TPSA) is 92.8 Å². The molecule has 0 aromatic heterocycles. The molecule has 1 N–H and O–H groups in total. The molecule has 1 saturated heterocycles. The summed E-state index contributed by atoms with van der Waals surface area (Å²) in [5.74, 6) is 0.352. The minimum atomic E-state index is -0.696. The van der Waals surface area contributed by atoms with Crippen LogP contribution < -0.4 is 5.32 Å². The smallest absolute Gasteiger partial charge is 0.326 e. The van der Waals surface area contributed by atoms with Crippen molar-refractivity contribution in [2.24, 2.45) is 35.0 Å². The molecular formula is C24H34N2O5. The van der Waals surface area contributed by atoms with Crippen LogP contribution in [0.3, 0.4) is 0 Å². The van der Waals surface area contributed by atoms with Crippen LogP contribution in [-0.2, 0) is 23.9 Å². The first kappa shape index (κ1) is 21.0. The summed E-state index contributed by atoms with van der Waals surface area (Å²) in [5.41, 5.74) is 0.194. The minimum Gasteiger partial charge on any atom is -0.454 e. The first-order valence-electron chi connectivity index (χ1n) is 12.1. The molecule has 4 bridgehead atoms. The molecule has 31 heavy (non-hydrogen) atoms. The molecule has 5 saturated carbocycles. The highest BCUT2D eigenvalue weighted by Crippen LogP contribution is 2.61. The lowest BCUT2D eigenvalue weighted by atomic mass is 9.48. The number of esters is 1. The Bertz CT molecular complexity index is 734. The van der Waals surface area contributed by atoms with E-state index < -0.39 is 5.97 Å². The number of nitrogens with one attached hydrogen (secondary N) is 1. The first-order chi connectivity index (χ1) is 14.8. The zero-order valence-corrected chi connectivity index (χ0v) is 18.4. The van der Waals surface area contributed by atoms with Gasteiger partial charge in [-0.2, -0.15) is 0 Å². The first-order valence-corrected chi connectivity index (χ1v) is 12.1. The van der Waals surface area contributed by atoms with E-state index in [0.717, 1.165) is 35.5 Å². The normalized spacial score (nSPS) is 39.4. The number of amides is 3. The zero-order valence-electron chi connectivity index (χ0n) is 18.4. The van der Waals surface area contributed by atoms with Crippen LogP contribution in [0.25, 0.3) is 0 Å². The third-order valence-electron chi connectivity index (χ3n) is 8.97. The molecule has 1 aliphatic heterocycles. The highest BCUT2D eigenvalue weighted by molar-refractivity contribution is 6.07. The average Bonchev–Trinajstić information content (AvgIpc) is 2.96. The third kappa shape index (κ3) is 3.78. The van der Waals surface area contributed by atoms with Crippen molar-refractivity contribution in [3.05, 3.63) is 0 Å². The maximum Gasteiger partial charge on any atom is 0.326 e. The highest BCUT2D eigenvalue weighted by atomic mass is 16.5. The van der Waals surface area contributed by atoms with Gasteiger partial charge in [0.15, 0.2) is 6.61 Å². The Balaban J connectivity index is 1.10. The summed E-state index contributed by atoms with van der Waals surface area (Å²) in [6, 6.07) is 0.0666. The number of ether oxygens (including phenoxy) is 1. The molecule has 6 fully saturated rings. The second-order valence-corrected chi connectivity index (χ2v) is 11.0. The molecule has 5 aliphatic carbocycles. The largest absolute Gasteiger partial charge is 0.454 e. The monoisotopic (exact) mass is 430 g/mol. The van der Waals surface area contributed by atoms with Crippen molar-refractivity contribution in [1.29, 1.82) is 0 Å². The van der Waals surface area contributed by atoms with Crippen molar-refractivity contribution in [3.63, 3.8) is 0 Å². The van der Waals surface area contributed by atoms with Gasteiger partial charge in [0.25, 0.3) is 5.91 Å². The quantitative estimate of drug-likeness (QED) is 0.516. The van der Waals surface area contributed by atoms with Crippen molar-refractivity contribution in [1.82, 2.24) is 10.2 Å². The fourth-order valence-electron chi connectivity index (χ4n) is 7.85. The van der Waals surface area contributed by atoms with Crippen LogP contribution in [0.1, 0.15) is 71.1 Å². The van der Waals surface area contributed by atoms with E-state index in [2.05, 4.69) is 12.2 Å². The maximum atomic E-state index is 12.5. The molecule has 3 atom stereocenters. The van der Waals surface area contributed by atoms with Crippen LogP contribution in [0.4, 0.5) is 0 Å². The Labute approximate surface area is 183 Å². The van der Waals surface area contributed by atoms with Gasteiger partial charge in [-0.05, 0) is 81.5 Å². The number of imide groups is 1. The van der Waals surface area contributed by atoms with Crippen LogP contribution in [0, 0.1) is 35.0 Å². The second kappa shape index (κ2) is 7.89. The Kier molecular flexibility index (Phi) is 5.33. The number of hydrogen-bond acceptors (Lipinski definition) is 5. The molecule has 7 heteroatoms. The lowest BCUT2D eigenvalue weighted by molar-refractivity contribution is -0.155. The van der Waals surface area contributed by atoms with E-state index in [1.54, 1.807) is 0 Å². The lowest BCUT2D eigenvalue weighted by Crippen LogP contribution is -2.56. The van der Waals surface area contributed by atoms with Crippen LogP contribution in [0.5, 0.6) is 0 Å². The Morgan fingerprint density at radius 2 is 1.52 bits per heavy atom. The summed E-state index contributed by atoms with van der Waals surface area (Å²) in [6.07, 6.45) is 11.0. The van der Waals surface area contributed by atoms with Crippen LogP contribution in [0.2, 0.25) is 0 Å². The molecule has 0 spiro atoms. The predicted octanol–water partition coefficient (Wildman–Crippen LogP) is 2.43. The summed E-state index contributed by atoms with van der Waals surface area (Å²) >= 11 is 0. The van der Waals surface area contributed by atoms with E-state index in [-0.39, 0.29) is 54.2 Å². The predicted molar refractivity (Wildman–Crippen MR) is 111 cm³/mol.